The average Bonchev–Trinajstić information content (AvgIpc) is 3.37. The number of benzene rings is 1. The molecular formula is C22H25N5O. The maximum atomic E-state index is 10.5. The Kier molecular flexibility index (Phi) is 4.26. The molecule has 0 spiro atoms. The lowest BCUT2D eigenvalue weighted by Gasteiger charge is -2.35. The third kappa shape index (κ3) is 3.13. The fraction of sp³-hybridized carbons (Fsp3) is 0.409. The maximum absolute atomic E-state index is 10.5. The minimum absolute atomic E-state index is 0.173. The van der Waals surface area contributed by atoms with Gasteiger partial charge in [-0.2, -0.15) is 5.10 Å². The first-order valence-corrected chi connectivity index (χ1v) is 10.1. The van der Waals surface area contributed by atoms with Crippen molar-refractivity contribution in [2.75, 3.05) is 11.9 Å². The SMILES string of the molecule is CN(c1ccc(-c2ccc(-n3cccn3)cc2O)nn1)[C@H]1C[C@@H]2CC[C@@H](C2)C1. The lowest BCUT2D eigenvalue weighted by Crippen LogP contribution is -2.37. The lowest BCUT2D eigenvalue weighted by atomic mass is 9.85. The highest BCUT2D eigenvalue weighted by Gasteiger charge is 2.36. The van der Waals surface area contributed by atoms with E-state index in [0.717, 1.165) is 23.3 Å². The van der Waals surface area contributed by atoms with Crippen molar-refractivity contribution in [1.29, 1.82) is 0 Å². The molecule has 2 bridgehead atoms. The van der Waals surface area contributed by atoms with Crippen LogP contribution in [0.5, 0.6) is 5.75 Å². The van der Waals surface area contributed by atoms with Gasteiger partial charge >= 0.3 is 0 Å². The standard InChI is InChI=1S/C22H25N5O/c1-26(18-12-15-3-4-16(11-15)13-18)22-8-7-20(24-25-22)19-6-5-17(14-21(19)28)27-10-2-9-23-27/h2,5-10,14-16,18,28H,3-4,11-13H2,1H3/t15-,16+,18+. The molecule has 28 heavy (non-hydrogen) atoms. The summed E-state index contributed by atoms with van der Waals surface area (Å²) >= 11 is 0. The van der Waals surface area contributed by atoms with Gasteiger partial charge in [-0.1, -0.05) is 12.8 Å². The molecule has 6 heteroatoms. The first-order chi connectivity index (χ1) is 13.7. The second-order valence-corrected chi connectivity index (χ2v) is 8.21. The van der Waals surface area contributed by atoms with E-state index >= 15 is 0 Å². The number of rotatable bonds is 4. The number of fused-ring (bicyclic) bond motifs is 2. The third-order valence-electron chi connectivity index (χ3n) is 6.45. The molecule has 144 valence electrons. The van der Waals surface area contributed by atoms with Gasteiger partial charge in [-0.15, -0.1) is 10.2 Å². The second-order valence-electron chi connectivity index (χ2n) is 8.21. The Hall–Kier alpha value is -2.89. The van der Waals surface area contributed by atoms with Crippen LogP contribution in [0.4, 0.5) is 5.82 Å². The van der Waals surface area contributed by atoms with Crippen molar-refractivity contribution in [3.8, 4) is 22.7 Å². The molecule has 0 saturated heterocycles. The summed E-state index contributed by atoms with van der Waals surface area (Å²) in [5, 5.41) is 23.5. The Balaban J connectivity index is 1.35. The molecule has 2 aromatic heterocycles. The number of nitrogens with zero attached hydrogens (tertiary/aromatic N) is 5. The van der Waals surface area contributed by atoms with E-state index in [2.05, 4.69) is 27.2 Å². The zero-order valence-electron chi connectivity index (χ0n) is 16.1. The first-order valence-electron chi connectivity index (χ1n) is 10.1. The number of hydrogen-bond acceptors (Lipinski definition) is 5. The summed E-state index contributed by atoms with van der Waals surface area (Å²) in [6, 6.07) is 11.8. The lowest BCUT2D eigenvalue weighted by molar-refractivity contribution is 0.312. The van der Waals surface area contributed by atoms with Crippen LogP contribution in [0.3, 0.4) is 0 Å². The minimum atomic E-state index is 0.173. The zero-order valence-corrected chi connectivity index (χ0v) is 16.1. The molecule has 0 radical (unpaired) electrons. The van der Waals surface area contributed by atoms with Crippen molar-refractivity contribution in [3.63, 3.8) is 0 Å². The fourth-order valence-electron chi connectivity index (χ4n) is 4.93. The molecule has 3 atom stereocenters. The highest BCUT2D eigenvalue weighted by atomic mass is 16.3. The third-order valence-corrected chi connectivity index (χ3v) is 6.45. The van der Waals surface area contributed by atoms with Gasteiger partial charge in [0, 0.05) is 37.1 Å². The molecule has 0 amide bonds. The highest BCUT2D eigenvalue weighted by Crippen LogP contribution is 2.43. The smallest absolute Gasteiger partial charge is 0.151 e. The molecule has 0 aliphatic heterocycles. The molecule has 2 saturated carbocycles. The van der Waals surface area contributed by atoms with E-state index in [9.17, 15) is 5.11 Å². The fourth-order valence-corrected chi connectivity index (χ4v) is 4.93. The van der Waals surface area contributed by atoms with Crippen molar-refractivity contribution in [1.82, 2.24) is 20.0 Å². The van der Waals surface area contributed by atoms with Crippen LogP contribution in [0, 0.1) is 11.8 Å². The molecule has 2 fully saturated rings. The Morgan fingerprint density at radius 1 is 1.04 bits per heavy atom. The van der Waals surface area contributed by atoms with Gasteiger partial charge in [-0.3, -0.25) is 0 Å². The average molecular weight is 375 g/mol. The number of anilines is 1. The number of aromatic hydroxyl groups is 1. The van der Waals surface area contributed by atoms with E-state index in [1.54, 1.807) is 16.9 Å². The van der Waals surface area contributed by atoms with E-state index in [1.807, 2.05) is 36.5 Å². The van der Waals surface area contributed by atoms with Gasteiger partial charge in [0.05, 0.1) is 11.4 Å². The molecule has 2 aliphatic rings. The van der Waals surface area contributed by atoms with E-state index < -0.39 is 0 Å². The van der Waals surface area contributed by atoms with Crippen LogP contribution < -0.4 is 4.90 Å². The van der Waals surface area contributed by atoms with Crippen LogP contribution >= 0.6 is 0 Å². The molecule has 6 nitrogen and oxygen atoms in total. The molecule has 1 N–H and O–H groups in total. The first kappa shape index (κ1) is 17.2. The van der Waals surface area contributed by atoms with Crippen LogP contribution in [0.1, 0.15) is 32.1 Å². The van der Waals surface area contributed by atoms with Gasteiger partial charge in [0.15, 0.2) is 5.82 Å². The van der Waals surface area contributed by atoms with Crippen molar-refractivity contribution in [2.24, 2.45) is 11.8 Å². The summed E-state index contributed by atoms with van der Waals surface area (Å²) in [5.41, 5.74) is 2.15. The zero-order chi connectivity index (χ0) is 19.1. The van der Waals surface area contributed by atoms with Gasteiger partial charge in [0.2, 0.25) is 0 Å². The second kappa shape index (κ2) is 6.93. The maximum Gasteiger partial charge on any atom is 0.151 e. The van der Waals surface area contributed by atoms with Gasteiger partial charge in [0.25, 0.3) is 0 Å². The predicted molar refractivity (Wildman–Crippen MR) is 109 cm³/mol. The number of hydrogen-bond donors (Lipinski definition) is 1. The summed E-state index contributed by atoms with van der Waals surface area (Å²) < 4.78 is 1.71. The molecule has 2 aliphatic carbocycles. The predicted octanol–water partition coefficient (Wildman–Crippen LogP) is 4.05. The van der Waals surface area contributed by atoms with Gasteiger partial charge in [-0.25, -0.2) is 4.68 Å². The van der Waals surface area contributed by atoms with Gasteiger partial charge in [-0.05, 0) is 61.4 Å². The molecular weight excluding hydrogens is 350 g/mol. The Morgan fingerprint density at radius 3 is 2.50 bits per heavy atom. The normalized spacial score (nSPS) is 23.7. The molecule has 5 rings (SSSR count). The van der Waals surface area contributed by atoms with Crippen molar-refractivity contribution in [2.45, 2.75) is 38.1 Å². The minimum Gasteiger partial charge on any atom is -0.507 e. The number of phenolic OH excluding ortho intramolecular Hbond substituents is 1. The van der Waals surface area contributed by atoms with Crippen LogP contribution in [-0.2, 0) is 0 Å². The largest absolute Gasteiger partial charge is 0.507 e. The van der Waals surface area contributed by atoms with E-state index in [-0.39, 0.29) is 5.75 Å². The summed E-state index contributed by atoms with van der Waals surface area (Å²) in [5.74, 6) is 2.86. The van der Waals surface area contributed by atoms with Crippen molar-refractivity contribution >= 4 is 5.82 Å². The molecule has 1 aromatic carbocycles. The summed E-state index contributed by atoms with van der Waals surface area (Å²) in [7, 11) is 2.13. The molecule has 0 unspecified atom stereocenters. The Bertz CT molecular complexity index is 942. The van der Waals surface area contributed by atoms with Crippen molar-refractivity contribution in [3.05, 3.63) is 48.8 Å². The van der Waals surface area contributed by atoms with E-state index in [0.29, 0.717) is 17.3 Å². The van der Waals surface area contributed by atoms with E-state index in [1.165, 1.54) is 32.1 Å². The van der Waals surface area contributed by atoms with Crippen molar-refractivity contribution < 1.29 is 5.11 Å². The van der Waals surface area contributed by atoms with Gasteiger partial charge < -0.3 is 10.0 Å². The monoisotopic (exact) mass is 375 g/mol. The Morgan fingerprint density at radius 2 is 1.86 bits per heavy atom. The summed E-state index contributed by atoms with van der Waals surface area (Å²) in [6.45, 7) is 0. The number of phenols is 1. The van der Waals surface area contributed by atoms with Crippen LogP contribution in [0.2, 0.25) is 0 Å². The quantitative estimate of drug-likeness (QED) is 0.745. The Labute approximate surface area is 164 Å². The molecule has 2 heterocycles. The van der Waals surface area contributed by atoms with Gasteiger partial charge in [0.1, 0.15) is 5.75 Å². The topological polar surface area (TPSA) is 67.1 Å². The van der Waals surface area contributed by atoms with E-state index in [4.69, 9.17) is 0 Å². The van der Waals surface area contributed by atoms with Crippen LogP contribution in [-0.4, -0.2) is 38.2 Å². The highest BCUT2D eigenvalue weighted by molar-refractivity contribution is 5.69. The number of aromatic nitrogens is 4. The summed E-state index contributed by atoms with van der Waals surface area (Å²) in [6.07, 6.45) is 10.3. The molecule has 3 aromatic rings. The summed E-state index contributed by atoms with van der Waals surface area (Å²) in [4.78, 5) is 2.29. The van der Waals surface area contributed by atoms with Crippen LogP contribution in [0.25, 0.3) is 16.9 Å². The van der Waals surface area contributed by atoms with Crippen LogP contribution in [0.15, 0.2) is 48.8 Å².